The van der Waals surface area contributed by atoms with E-state index in [1.165, 1.54) is 12.1 Å². The number of alkyl halides is 3. The lowest BCUT2D eigenvalue weighted by atomic mass is 9.78. The molecule has 9 heteroatoms. The number of aromatic nitrogens is 1. The van der Waals surface area contributed by atoms with Crippen molar-refractivity contribution < 1.29 is 26.4 Å². The molecule has 2 aromatic carbocycles. The van der Waals surface area contributed by atoms with Crippen molar-refractivity contribution in [1.29, 1.82) is 0 Å². The summed E-state index contributed by atoms with van der Waals surface area (Å²) in [5.41, 5.74) is -1.50. The molecule has 2 aliphatic carbocycles. The molecule has 0 spiro atoms. The van der Waals surface area contributed by atoms with Crippen LogP contribution in [0, 0.1) is 0 Å². The van der Waals surface area contributed by atoms with Crippen LogP contribution in [0.15, 0.2) is 59.5 Å². The van der Waals surface area contributed by atoms with Gasteiger partial charge in [-0.15, -0.1) is 0 Å². The zero-order valence-electron chi connectivity index (χ0n) is 17.5. The molecule has 172 valence electrons. The Bertz CT molecular complexity index is 1360. The van der Waals surface area contributed by atoms with Crippen LogP contribution in [0.4, 0.5) is 13.2 Å². The molecule has 2 aliphatic rings. The first-order valence-electron chi connectivity index (χ1n) is 10.8. The number of amides is 1. The van der Waals surface area contributed by atoms with Crippen LogP contribution in [-0.4, -0.2) is 19.3 Å². The highest BCUT2D eigenvalue weighted by atomic mass is 32.2. The number of nitrogens with one attached hydrogen (secondary N) is 1. The topological polar surface area (TPSA) is 76.1 Å². The number of halogens is 3. The number of benzene rings is 2. The minimum atomic E-state index is -4.59. The van der Waals surface area contributed by atoms with E-state index in [2.05, 4.69) is 9.71 Å². The summed E-state index contributed by atoms with van der Waals surface area (Å²) in [7, 11) is -4.19. The fourth-order valence-corrected chi connectivity index (χ4v) is 5.76. The van der Waals surface area contributed by atoms with Gasteiger partial charge in [0.25, 0.3) is 10.0 Å². The summed E-state index contributed by atoms with van der Waals surface area (Å²) in [4.78, 5) is 17.2. The van der Waals surface area contributed by atoms with Gasteiger partial charge < -0.3 is 0 Å². The van der Waals surface area contributed by atoms with Gasteiger partial charge in [-0.1, -0.05) is 48.9 Å². The van der Waals surface area contributed by atoms with Crippen molar-refractivity contribution in [3.05, 3.63) is 71.5 Å². The van der Waals surface area contributed by atoms with Crippen LogP contribution >= 0.6 is 0 Å². The Labute approximate surface area is 189 Å². The molecule has 1 N–H and O–H groups in total. The van der Waals surface area contributed by atoms with Gasteiger partial charge in [0.2, 0.25) is 5.91 Å². The van der Waals surface area contributed by atoms with Gasteiger partial charge in [-0.05, 0) is 48.8 Å². The summed E-state index contributed by atoms with van der Waals surface area (Å²) in [5.74, 6) is -0.875. The van der Waals surface area contributed by atoms with E-state index in [4.69, 9.17) is 0 Å². The smallest absolute Gasteiger partial charge is 0.273 e. The predicted octanol–water partition coefficient (Wildman–Crippen LogP) is 5.06. The number of fused-ring (bicyclic) bond motifs is 1. The van der Waals surface area contributed by atoms with Gasteiger partial charge in [-0.3, -0.25) is 4.79 Å². The maximum absolute atomic E-state index is 13.3. The molecule has 5 nitrogen and oxygen atoms in total. The molecule has 0 aliphatic heterocycles. The standard InChI is InChI=1S/C24H21F3N2O3S/c25-24(26,27)20-12-11-18(21(28-20)16-7-3-8-16)23(13-14-23)22(30)29-33(31,32)19-10-4-6-15-5-1-2-9-17(15)19/h1-2,4-6,9-12,16H,3,7-8,13-14H2,(H,29,30). The van der Waals surface area contributed by atoms with Gasteiger partial charge in [0.1, 0.15) is 5.69 Å². The van der Waals surface area contributed by atoms with Gasteiger partial charge in [-0.2, -0.15) is 13.2 Å². The van der Waals surface area contributed by atoms with Gasteiger partial charge in [0, 0.05) is 17.0 Å². The number of hydrogen-bond donors (Lipinski definition) is 1. The number of nitrogens with zero attached hydrogens (tertiary/aromatic N) is 1. The van der Waals surface area contributed by atoms with Crippen LogP contribution in [0.5, 0.6) is 0 Å². The summed E-state index contributed by atoms with van der Waals surface area (Å²) in [6, 6.07) is 13.9. The van der Waals surface area contributed by atoms with E-state index in [0.717, 1.165) is 12.5 Å². The van der Waals surface area contributed by atoms with Crippen molar-refractivity contribution >= 4 is 26.7 Å². The summed E-state index contributed by atoms with van der Waals surface area (Å²) in [6.07, 6.45) is -1.58. The second kappa shape index (κ2) is 7.55. The van der Waals surface area contributed by atoms with Crippen LogP contribution in [0.2, 0.25) is 0 Å². The Morgan fingerprint density at radius 1 is 1.00 bits per heavy atom. The van der Waals surface area contributed by atoms with Crippen molar-refractivity contribution in [2.75, 3.05) is 0 Å². The van der Waals surface area contributed by atoms with E-state index in [9.17, 15) is 26.4 Å². The number of hydrogen-bond acceptors (Lipinski definition) is 4. The van der Waals surface area contributed by atoms with E-state index in [-0.39, 0.29) is 16.5 Å². The highest BCUT2D eigenvalue weighted by Gasteiger charge is 2.55. The number of sulfonamides is 1. The predicted molar refractivity (Wildman–Crippen MR) is 116 cm³/mol. The zero-order valence-corrected chi connectivity index (χ0v) is 18.3. The van der Waals surface area contributed by atoms with Gasteiger partial charge in [0.05, 0.1) is 10.3 Å². The monoisotopic (exact) mass is 474 g/mol. The lowest BCUT2D eigenvalue weighted by Gasteiger charge is -2.30. The summed E-state index contributed by atoms with van der Waals surface area (Å²) in [6.45, 7) is 0. The SMILES string of the molecule is O=C(NS(=O)(=O)c1cccc2ccccc12)C1(c2ccc(C(F)(F)F)nc2C2CCC2)CC1. The molecule has 2 fully saturated rings. The van der Waals surface area contributed by atoms with E-state index in [0.29, 0.717) is 42.0 Å². The zero-order chi connectivity index (χ0) is 23.4. The van der Waals surface area contributed by atoms with E-state index >= 15 is 0 Å². The Balaban J connectivity index is 1.51. The molecule has 0 unspecified atom stereocenters. The molecule has 2 saturated carbocycles. The summed E-state index contributed by atoms with van der Waals surface area (Å²) >= 11 is 0. The molecular formula is C24H21F3N2O3S. The third kappa shape index (κ3) is 3.78. The molecule has 0 atom stereocenters. The molecule has 0 bridgehead atoms. The first kappa shape index (κ1) is 21.9. The van der Waals surface area contributed by atoms with Crippen molar-refractivity contribution in [3.8, 4) is 0 Å². The Morgan fingerprint density at radius 3 is 2.33 bits per heavy atom. The third-order valence-electron chi connectivity index (χ3n) is 6.67. The van der Waals surface area contributed by atoms with Crippen molar-refractivity contribution in [2.45, 2.75) is 54.5 Å². The Hall–Kier alpha value is -2.94. The average molecular weight is 475 g/mol. The summed E-state index contributed by atoms with van der Waals surface area (Å²) in [5, 5.41) is 1.20. The highest BCUT2D eigenvalue weighted by Crippen LogP contribution is 2.53. The molecule has 1 aromatic heterocycles. The van der Waals surface area contributed by atoms with Gasteiger partial charge in [-0.25, -0.2) is 18.1 Å². The summed E-state index contributed by atoms with van der Waals surface area (Å²) < 4.78 is 68.3. The molecule has 33 heavy (non-hydrogen) atoms. The molecule has 0 saturated heterocycles. The number of rotatable bonds is 5. The van der Waals surface area contributed by atoms with Crippen LogP contribution in [0.25, 0.3) is 10.8 Å². The van der Waals surface area contributed by atoms with Crippen molar-refractivity contribution in [1.82, 2.24) is 9.71 Å². The van der Waals surface area contributed by atoms with Gasteiger partial charge in [0.15, 0.2) is 0 Å². The Kier molecular flexibility index (Phi) is 5.00. The first-order valence-corrected chi connectivity index (χ1v) is 12.2. The fourth-order valence-electron chi connectivity index (χ4n) is 4.48. The normalized spacial score (nSPS) is 18.0. The average Bonchev–Trinajstić information content (AvgIpc) is 3.53. The maximum Gasteiger partial charge on any atom is 0.433 e. The minimum absolute atomic E-state index is 0.0190. The lowest BCUT2D eigenvalue weighted by Crippen LogP contribution is -2.40. The van der Waals surface area contributed by atoms with E-state index in [1.54, 1.807) is 36.4 Å². The van der Waals surface area contributed by atoms with Crippen LogP contribution < -0.4 is 4.72 Å². The van der Waals surface area contributed by atoms with E-state index in [1.807, 2.05) is 0 Å². The molecule has 0 radical (unpaired) electrons. The highest BCUT2D eigenvalue weighted by molar-refractivity contribution is 7.90. The Morgan fingerprint density at radius 2 is 1.70 bits per heavy atom. The molecule has 1 amide bonds. The molecular weight excluding hydrogens is 453 g/mol. The number of pyridine rings is 1. The largest absolute Gasteiger partial charge is 0.433 e. The molecule has 3 aromatic rings. The van der Waals surface area contributed by atoms with Crippen LogP contribution in [-0.2, 0) is 26.4 Å². The van der Waals surface area contributed by atoms with E-state index < -0.39 is 33.2 Å². The first-order chi connectivity index (χ1) is 15.6. The number of carbonyl (C=O) groups excluding carboxylic acids is 1. The molecule has 1 heterocycles. The van der Waals surface area contributed by atoms with Crippen LogP contribution in [0.3, 0.4) is 0 Å². The maximum atomic E-state index is 13.3. The number of carbonyl (C=O) groups is 1. The third-order valence-corrected chi connectivity index (χ3v) is 8.06. The fraction of sp³-hybridized carbons (Fsp3) is 0.333. The second-order valence-corrected chi connectivity index (χ2v) is 10.4. The van der Waals surface area contributed by atoms with Crippen LogP contribution in [0.1, 0.15) is 55.0 Å². The molecule has 5 rings (SSSR count). The van der Waals surface area contributed by atoms with Gasteiger partial charge >= 0.3 is 6.18 Å². The van der Waals surface area contributed by atoms with Crippen molar-refractivity contribution in [2.24, 2.45) is 0 Å². The second-order valence-electron chi connectivity index (χ2n) is 8.75. The minimum Gasteiger partial charge on any atom is -0.273 e. The quantitative estimate of drug-likeness (QED) is 0.561. The lowest BCUT2D eigenvalue weighted by molar-refractivity contribution is -0.141. The van der Waals surface area contributed by atoms with Crippen molar-refractivity contribution in [3.63, 3.8) is 0 Å².